The zero-order chi connectivity index (χ0) is 23.7. The van der Waals surface area contributed by atoms with E-state index >= 15 is 0 Å². The van der Waals surface area contributed by atoms with E-state index in [9.17, 15) is 9.59 Å². The third-order valence-corrected chi connectivity index (χ3v) is 7.30. The number of amides is 2. The molecule has 1 aliphatic rings. The van der Waals surface area contributed by atoms with Gasteiger partial charge >= 0.3 is 0 Å². The van der Waals surface area contributed by atoms with Gasteiger partial charge in [0.1, 0.15) is 0 Å². The van der Waals surface area contributed by atoms with E-state index in [1.54, 1.807) is 36.4 Å². The van der Waals surface area contributed by atoms with Crippen LogP contribution in [0.2, 0.25) is 20.1 Å². The first-order valence-electron chi connectivity index (χ1n) is 10.4. The van der Waals surface area contributed by atoms with Gasteiger partial charge in [0.05, 0.1) is 20.1 Å². The first-order chi connectivity index (χ1) is 14.9. The largest absolute Gasteiger partial charge is 0.351 e. The molecule has 0 radical (unpaired) electrons. The normalized spacial score (nSPS) is 22.3. The Morgan fingerprint density at radius 1 is 0.844 bits per heavy atom. The van der Waals surface area contributed by atoms with Crippen molar-refractivity contribution in [2.45, 2.75) is 46.1 Å². The van der Waals surface area contributed by atoms with Gasteiger partial charge in [0.25, 0.3) is 11.8 Å². The fourth-order valence-electron chi connectivity index (χ4n) is 4.81. The summed E-state index contributed by atoms with van der Waals surface area (Å²) in [6, 6.07) is 9.64. The number of rotatable bonds is 5. The molecule has 3 rings (SSSR count). The summed E-state index contributed by atoms with van der Waals surface area (Å²) in [5.41, 5.74) is 0.736. The molecule has 32 heavy (non-hydrogen) atoms. The summed E-state index contributed by atoms with van der Waals surface area (Å²) in [4.78, 5) is 25.5. The minimum absolute atomic E-state index is 0.00308. The number of carbonyl (C=O) groups is 2. The van der Waals surface area contributed by atoms with Crippen LogP contribution in [-0.2, 0) is 0 Å². The SMILES string of the molecule is CC1(C)CC(NC(=O)c2ccc(Cl)c(Cl)c2)CC(C)(CNC(=O)c2ccc(Cl)c(Cl)c2)C1. The molecule has 1 aliphatic carbocycles. The second kappa shape index (κ2) is 9.80. The molecular formula is C24H26Cl4N2O2. The van der Waals surface area contributed by atoms with E-state index in [1.165, 1.54) is 0 Å². The summed E-state index contributed by atoms with van der Waals surface area (Å²) >= 11 is 24.0. The van der Waals surface area contributed by atoms with Crippen LogP contribution >= 0.6 is 46.4 Å². The van der Waals surface area contributed by atoms with Crippen molar-refractivity contribution in [3.63, 3.8) is 0 Å². The van der Waals surface area contributed by atoms with Crippen molar-refractivity contribution >= 4 is 58.2 Å². The number of nitrogens with one attached hydrogen (secondary N) is 2. The molecule has 4 nitrogen and oxygen atoms in total. The third kappa shape index (κ3) is 6.32. The number of hydrogen-bond donors (Lipinski definition) is 2. The highest BCUT2D eigenvalue weighted by Gasteiger charge is 2.42. The smallest absolute Gasteiger partial charge is 0.251 e. The fourth-order valence-corrected chi connectivity index (χ4v) is 5.41. The van der Waals surface area contributed by atoms with Crippen LogP contribution in [0.3, 0.4) is 0 Å². The monoisotopic (exact) mass is 514 g/mol. The topological polar surface area (TPSA) is 58.2 Å². The van der Waals surface area contributed by atoms with Crippen molar-refractivity contribution in [1.29, 1.82) is 0 Å². The van der Waals surface area contributed by atoms with E-state index in [0.29, 0.717) is 37.8 Å². The average Bonchev–Trinajstić information content (AvgIpc) is 2.68. The van der Waals surface area contributed by atoms with Crippen molar-refractivity contribution in [3.05, 3.63) is 67.6 Å². The van der Waals surface area contributed by atoms with Gasteiger partial charge < -0.3 is 10.6 Å². The highest BCUT2D eigenvalue weighted by molar-refractivity contribution is 6.42. The van der Waals surface area contributed by atoms with Gasteiger partial charge in [-0.2, -0.15) is 0 Å². The molecule has 2 aromatic carbocycles. The van der Waals surface area contributed by atoms with Crippen molar-refractivity contribution in [3.8, 4) is 0 Å². The van der Waals surface area contributed by atoms with Crippen LogP contribution in [-0.4, -0.2) is 24.4 Å². The zero-order valence-electron chi connectivity index (χ0n) is 18.2. The van der Waals surface area contributed by atoms with Crippen molar-refractivity contribution in [2.24, 2.45) is 10.8 Å². The lowest BCUT2D eigenvalue weighted by Crippen LogP contribution is -2.50. The molecule has 0 saturated heterocycles. The van der Waals surface area contributed by atoms with E-state index < -0.39 is 0 Å². The molecule has 0 aromatic heterocycles. The molecule has 2 atom stereocenters. The quantitative estimate of drug-likeness (QED) is 0.448. The predicted molar refractivity (Wildman–Crippen MR) is 132 cm³/mol. The van der Waals surface area contributed by atoms with Crippen LogP contribution in [0.5, 0.6) is 0 Å². The molecule has 0 bridgehead atoms. The maximum absolute atomic E-state index is 12.8. The standard InChI is InChI=1S/C24H26Cl4N2O2/c1-23(2)10-16(30-22(32)15-5-7-18(26)20(28)9-15)11-24(3,12-23)13-29-21(31)14-4-6-17(25)19(27)8-14/h4-9,16H,10-13H2,1-3H3,(H,29,31)(H,30,32). The van der Waals surface area contributed by atoms with Gasteiger partial charge in [-0.05, 0) is 66.5 Å². The van der Waals surface area contributed by atoms with Gasteiger partial charge in [-0.3, -0.25) is 9.59 Å². The second-order valence-corrected chi connectivity index (χ2v) is 11.3. The molecule has 2 N–H and O–H groups in total. The fraction of sp³-hybridized carbons (Fsp3) is 0.417. The van der Waals surface area contributed by atoms with Crippen LogP contribution in [0.4, 0.5) is 0 Å². The van der Waals surface area contributed by atoms with E-state index in [0.717, 1.165) is 19.3 Å². The van der Waals surface area contributed by atoms with Crippen molar-refractivity contribution in [1.82, 2.24) is 10.6 Å². The Morgan fingerprint density at radius 2 is 1.38 bits per heavy atom. The minimum Gasteiger partial charge on any atom is -0.351 e. The molecule has 2 aromatic rings. The number of benzene rings is 2. The Kier molecular flexibility index (Phi) is 7.71. The van der Waals surface area contributed by atoms with Gasteiger partial charge in [-0.15, -0.1) is 0 Å². The zero-order valence-corrected chi connectivity index (χ0v) is 21.2. The third-order valence-electron chi connectivity index (χ3n) is 5.82. The number of hydrogen-bond acceptors (Lipinski definition) is 2. The predicted octanol–water partition coefficient (Wildman–Crippen LogP) is 7.05. The minimum atomic E-state index is -0.204. The lowest BCUT2D eigenvalue weighted by atomic mass is 9.62. The van der Waals surface area contributed by atoms with Crippen LogP contribution in [0.25, 0.3) is 0 Å². The van der Waals surface area contributed by atoms with E-state index in [1.807, 2.05) is 0 Å². The van der Waals surface area contributed by atoms with Crippen LogP contribution in [0, 0.1) is 10.8 Å². The van der Waals surface area contributed by atoms with E-state index in [2.05, 4.69) is 31.4 Å². The van der Waals surface area contributed by atoms with Gasteiger partial charge in [0, 0.05) is 23.7 Å². The summed E-state index contributed by atoms with van der Waals surface area (Å²) in [5.74, 6) is -0.391. The molecule has 0 spiro atoms. The lowest BCUT2D eigenvalue weighted by Gasteiger charge is -2.47. The molecule has 2 unspecified atom stereocenters. The van der Waals surface area contributed by atoms with Crippen molar-refractivity contribution in [2.75, 3.05) is 6.54 Å². The Morgan fingerprint density at radius 3 is 1.91 bits per heavy atom. The molecule has 8 heteroatoms. The van der Waals surface area contributed by atoms with Crippen LogP contribution in [0.15, 0.2) is 36.4 Å². The van der Waals surface area contributed by atoms with E-state index in [-0.39, 0.29) is 28.7 Å². The second-order valence-electron chi connectivity index (χ2n) is 9.67. The molecule has 1 saturated carbocycles. The van der Waals surface area contributed by atoms with Crippen LogP contribution in [0.1, 0.15) is 60.7 Å². The van der Waals surface area contributed by atoms with Crippen molar-refractivity contribution < 1.29 is 9.59 Å². The first kappa shape index (κ1) is 25.2. The summed E-state index contributed by atoms with van der Waals surface area (Å²) < 4.78 is 0. The molecule has 0 aliphatic heterocycles. The van der Waals surface area contributed by atoms with Gasteiger partial charge in [0.15, 0.2) is 0 Å². The summed E-state index contributed by atoms with van der Waals surface area (Å²) in [7, 11) is 0. The van der Waals surface area contributed by atoms with Gasteiger partial charge in [0.2, 0.25) is 0 Å². The highest BCUT2D eigenvalue weighted by atomic mass is 35.5. The number of carbonyl (C=O) groups excluding carboxylic acids is 2. The summed E-state index contributed by atoms with van der Waals surface area (Å²) in [6.07, 6.45) is 2.50. The number of halogens is 4. The molecular weight excluding hydrogens is 490 g/mol. The summed E-state index contributed by atoms with van der Waals surface area (Å²) in [5, 5.41) is 7.67. The molecule has 1 fully saturated rings. The first-order valence-corrected chi connectivity index (χ1v) is 11.9. The van der Waals surface area contributed by atoms with E-state index in [4.69, 9.17) is 46.4 Å². The van der Waals surface area contributed by atoms with Gasteiger partial charge in [-0.25, -0.2) is 0 Å². The Hall–Kier alpha value is -1.46. The Labute approximate surface area is 208 Å². The van der Waals surface area contributed by atoms with Crippen LogP contribution < -0.4 is 10.6 Å². The molecule has 0 heterocycles. The maximum atomic E-state index is 12.8. The molecule has 172 valence electrons. The highest BCUT2D eigenvalue weighted by Crippen LogP contribution is 2.46. The summed E-state index contributed by atoms with van der Waals surface area (Å²) in [6.45, 7) is 6.99. The lowest BCUT2D eigenvalue weighted by molar-refractivity contribution is 0.0592. The Balaban J connectivity index is 1.68. The average molecular weight is 516 g/mol. The molecule has 2 amide bonds. The van der Waals surface area contributed by atoms with Gasteiger partial charge in [-0.1, -0.05) is 67.2 Å². The maximum Gasteiger partial charge on any atom is 0.251 e. The Bertz CT molecular complexity index is 1040.